The molecule has 0 saturated heterocycles. The Labute approximate surface area is 162 Å². The summed E-state index contributed by atoms with van der Waals surface area (Å²) in [5.74, 6) is 0.969. The second-order valence-corrected chi connectivity index (χ2v) is 6.38. The number of aromatic nitrogens is 2. The van der Waals surface area contributed by atoms with Crippen LogP contribution in [0, 0.1) is 6.92 Å². The first-order valence-electron chi connectivity index (χ1n) is 8.94. The van der Waals surface area contributed by atoms with Gasteiger partial charge in [0.25, 0.3) is 0 Å². The molecule has 0 unspecified atom stereocenters. The Morgan fingerprint density at radius 2 is 1.82 bits per heavy atom. The van der Waals surface area contributed by atoms with Gasteiger partial charge >= 0.3 is 6.61 Å². The van der Waals surface area contributed by atoms with E-state index in [-0.39, 0.29) is 11.8 Å². The number of methoxy groups -OCH3 is 1. The van der Waals surface area contributed by atoms with E-state index < -0.39 is 6.61 Å². The second-order valence-electron chi connectivity index (χ2n) is 6.38. The lowest BCUT2D eigenvalue weighted by Gasteiger charge is -2.16. The molecule has 0 aliphatic heterocycles. The van der Waals surface area contributed by atoms with Crippen LogP contribution in [0.5, 0.6) is 11.5 Å². The van der Waals surface area contributed by atoms with Gasteiger partial charge in [-0.2, -0.15) is 13.9 Å². The smallest absolute Gasteiger partial charge is 0.387 e. The van der Waals surface area contributed by atoms with Gasteiger partial charge in [-0.05, 0) is 44.2 Å². The van der Waals surface area contributed by atoms with E-state index in [1.165, 1.54) is 0 Å². The average molecular weight is 387 g/mol. The van der Waals surface area contributed by atoms with Gasteiger partial charge < -0.3 is 14.8 Å². The highest BCUT2D eigenvalue weighted by atomic mass is 19.3. The van der Waals surface area contributed by atoms with Crippen LogP contribution in [0.15, 0.2) is 54.7 Å². The lowest BCUT2D eigenvalue weighted by Crippen LogP contribution is -2.19. The monoisotopic (exact) mass is 387 g/mol. The summed E-state index contributed by atoms with van der Waals surface area (Å²) in [6.07, 6.45) is 1.82. The third kappa shape index (κ3) is 4.48. The van der Waals surface area contributed by atoms with Crippen LogP contribution in [-0.4, -0.2) is 23.5 Å². The second kappa shape index (κ2) is 8.84. The standard InChI is InChI=1S/C21H23F2N3O2/c1-14(24-12-16-6-4-5-7-20(16)28-21(22)23)19-13-25-26(15(19)2)17-8-10-18(27-3)11-9-17/h4-11,13-14,21,24H,12H2,1-3H3/t14-/m1/s1. The summed E-state index contributed by atoms with van der Waals surface area (Å²) in [5.41, 5.74) is 3.65. The Kier molecular flexibility index (Phi) is 6.26. The van der Waals surface area contributed by atoms with Gasteiger partial charge in [-0.15, -0.1) is 0 Å². The van der Waals surface area contributed by atoms with Crippen LogP contribution in [0.25, 0.3) is 5.69 Å². The van der Waals surface area contributed by atoms with E-state index in [2.05, 4.69) is 15.2 Å². The first kappa shape index (κ1) is 19.8. The molecular formula is C21H23F2N3O2. The number of nitrogens with one attached hydrogen (secondary N) is 1. The lowest BCUT2D eigenvalue weighted by atomic mass is 10.1. The SMILES string of the molecule is COc1ccc(-n2ncc([C@@H](C)NCc3ccccc3OC(F)F)c2C)cc1. The van der Waals surface area contributed by atoms with E-state index in [0.717, 1.165) is 22.7 Å². The number of benzene rings is 2. The van der Waals surface area contributed by atoms with Crippen LogP contribution in [0.1, 0.15) is 29.8 Å². The largest absolute Gasteiger partial charge is 0.497 e. The zero-order valence-corrected chi connectivity index (χ0v) is 16.0. The molecule has 1 N–H and O–H groups in total. The van der Waals surface area contributed by atoms with Crippen molar-refractivity contribution in [3.63, 3.8) is 0 Å². The number of para-hydroxylation sites is 1. The molecule has 0 aliphatic carbocycles. The summed E-state index contributed by atoms with van der Waals surface area (Å²) in [6, 6.07) is 14.4. The van der Waals surface area contributed by atoms with Gasteiger partial charge in [0.2, 0.25) is 0 Å². The van der Waals surface area contributed by atoms with Gasteiger partial charge in [0.15, 0.2) is 0 Å². The van der Waals surface area contributed by atoms with Gasteiger partial charge in [-0.25, -0.2) is 4.68 Å². The van der Waals surface area contributed by atoms with Crippen molar-refractivity contribution in [2.24, 2.45) is 0 Å². The predicted molar refractivity (Wildman–Crippen MR) is 103 cm³/mol. The Morgan fingerprint density at radius 1 is 1.11 bits per heavy atom. The van der Waals surface area contributed by atoms with Crippen molar-refractivity contribution in [2.75, 3.05) is 7.11 Å². The van der Waals surface area contributed by atoms with E-state index in [9.17, 15) is 8.78 Å². The first-order chi connectivity index (χ1) is 13.5. The van der Waals surface area contributed by atoms with E-state index >= 15 is 0 Å². The molecule has 0 amide bonds. The molecule has 148 valence electrons. The maximum absolute atomic E-state index is 12.6. The molecule has 5 nitrogen and oxygen atoms in total. The summed E-state index contributed by atoms with van der Waals surface area (Å²) in [5, 5.41) is 7.84. The van der Waals surface area contributed by atoms with Crippen molar-refractivity contribution in [2.45, 2.75) is 33.0 Å². The highest BCUT2D eigenvalue weighted by Crippen LogP contribution is 2.24. The predicted octanol–water partition coefficient (Wildman–Crippen LogP) is 4.64. The molecule has 1 heterocycles. The maximum atomic E-state index is 12.6. The summed E-state index contributed by atoms with van der Waals surface area (Å²) in [4.78, 5) is 0. The normalized spacial score (nSPS) is 12.2. The van der Waals surface area contributed by atoms with Crippen molar-refractivity contribution in [3.8, 4) is 17.2 Å². The molecule has 0 bridgehead atoms. The minimum Gasteiger partial charge on any atom is -0.497 e. The number of hydrogen-bond acceptors (Lipinski definition) is 4. The molecule has 3 rings (SSSR count). The fourth-order valence-electron chi connectivity index (χ4n) is 3.06. The highest BCUT2D eigenvalue weighted by molar-refractivity contribution is 5.39. The Balaban J connectivity index is 1.72. The average Bonchev–Trinajstić information content (AvgIpc) is 3.08. The van der Waals surface area contributed by atoms with Gasteiger partial charge in [-0.3, -0.25) is 0 Å². The number of alkyl halides is 2. The van der Waals surface area contributed by atoms with E-state index in [1.807, 2.05) is 49.0 Å². The Morgan fingerprint density at radius 3 is 2.50 bits per heavy atom. The third-order valence-corrected chi connectivity index (χ3v) is 4.62. The molecule has 1 atom stereocenters. The number of halogens is 2. The molecule has 0 spiro atoms. The van der Waals surface area contributed by atoms with Gasteiger partial charge in [0.05, 0.1) is 19.0 Å². The molecule has 2 aromatic carbocycles. The van der Waals surface area contributed by atoms with Crippen LogP contribution in [0.3, 0.4) is 0 Å². The number of rotatable bonds is 8. The minimum absolute atomic E-state index is 0.0217. The summed E-state index contributed by atoms with van der Waals surface area (Å²) < 4.78 is 36.8. The van der Waals surface area contributed by atoms with Crippen molar-refractivity contribution in [3.05, 3.63) is 71.5 Å². The van der Waals surface area contributed by atoms with Gasteiger partial charge in [0.1, 0.15) is 11.5 Å². The molecule has 3 aromatic rings. The number of nitrogens with zero attached hydrogens (tertiary/aromatic N) is 2. The van der Waals surface area contributed by atoms with Crippen LogP contribution in [0.4, 0.5) is 8.78 Å². The molecule has 28 heavy (non-hydrogen) atoms. The first-order valence-corrected chi connectivity index (χ1v) is 8.94. The number of ether oxygens (including phenoxy) is 2. The van der Waals surface area contributed by atoms with Crippen LogP contribution in [0.2, 0.25) is 0 Å². The molecule has 0 saturated carbocycles. The van der Waals surface area contributed by atoms with Crippen molar-refractivity contribution in [1.29, 1.82) is 0 Å². The summed E-state index contributed by atoms with van der Waals surface area (Å²) >= 11 is 0. The fraction of sp³-hybridized carbons (Fsp3) is 0.286. The van der Waals surface area contributed by atoms with E-state index in [4.69, 9.17) is 4.74 Å². The quantitative estimate of drug-likeness (QED) is 0.612. The van der Waals surface area contributed by atoms with E-state index in [0.29, 0.717) is 12.1 Å². The molecule has 0 radical (unpaired) electrons. The lowest BCUT2D eigenvalue weighted by molar-refractivity contribution is -0.0505. The number of hydrogen-bond donors (Lipinski definition) is 1. The van der Waals surface area contributed by atoms with Crippen molar-refractivity contribution >= 4 is 0 Å². The molecule has 1 aromatic heterocycles. The zero-order valence-electron chi connectivity index (χ0n) is 16.0. The van der Waals surface area contributed by atoms with Gasteiger partial charge in [0, 0.05) is 29.4 Å². The summed E-state index contributed by atoms with van der Waals surface area (Å²) in [6.45, 7) is 1.57. The highest BCUT2D eigenvalue weighted by Gasteiger charge is 2.15. The minimum atomic E-state index is -2.84. The Hall–Kier alpha value is -2.93. The summed E-state index contributed by atoms with van der Waals surface area (Å²) in [7, 11) is 1.63. The topological polar surface area (TPSA) is 48.3 Å². The Bertz CT molecular complexity index is 910. The molecular weight excluding hydrogens is 364 g/mol. The van der Waals surface area contributed by atoms with Crippen molar-refractivity contribution in [1.82, 2.24) is 15.1 Å². The fourth-order valence-corrected chi connectivity index (χ4v) is 3.06. The van der Waals surface area contributed by atoms with Crippen LogP contribution in [-0.2, 0) is 6.54 Å². The van der Waals surface area contributed by atoms with Crippen molar-refractivity contribution < 1.29 is 18.3 Å². The molecule has 0 fully saturated rings. The van der Waals surface area contributed by atoms with Gasteiger partial charge in [-0.1, -0.05) is 18.2 Å². The third-order valence-electron chi connectivity index (χ3n) is 4.62. The molecule has 7 heteroatoms. The zero-order chi connectivity index (χ0) is 20.1. The van der Waals surface area contributed by atoms with E-state index in [1.54, 1.807) is 31.4 Å². The molecule has 0 aliphatic rings. The van der Waals surface area contributed by atoms with Crippen LogP contribution < -0.4 is 14.8 Å². The maximum Gasteiger partial charge on any atom is 0.387 e. The van der Waals surface area contributed by atoms with Crippen LogP contribution >= 0.6 is 0 Å².